The first kappa shape index (κ1) is 20.7. The second-order valence-electron chi connectivity index (χ2n) is 9.36. The first-order valence-corrected chi connectivity index (χ1v) is 12.4. The van der Waals surface area contributed by atoms with Gasteiger partial charge in [0.15, 0.2) is 0 Å². The average molecular weight is 448 g/mol. The molecule has 2 aliphatic carbocycles. The number of aromatic nitrogens is 1. The highest BCUT2D eigenvalue weighted by Gasteiger charge is 2.35. The van der Waals surface area contributed by atoms with E-state index in [0.717, 1.165) is 49.2 Å². The number of benzene rings is 1. The lowest BCUT2D eigenvalue weighted by molar-refractivity contribution is -0.123. The second-order valence-corrected chi connectivity index (χ2v) is 10.2. The third-order valence-electron chi connectivity index (χ3n) is 7.64. The molecule has 0 radical (unpaired) electrons. The lowest BCUT2D eigenvalue weighted by atomic mass is 9.68. The van der Waals surface area contributed by atoms with Crippen LogP contribution in [0.4, 0.5) is 0 Å². The molecule has 3 atom stereocenters. The Morgan fingerprint density at radius 1 is 1.03 bits per heavy atom. The van der Waals surface area contributed by atoms with Gasteiger partial charge in [-0.05, 0) is 55.3 Å². The molecule has 6 heteroatoms. The molecule has 0 saturated heterocycles. The summed E-state index contributed by atoms with van der Waals surface area (Å²) in [5.41, 5.74) is 3.60. The summed E-state index contributed by atoms with van der Waals surface area (Å²) in [5, 5.41) is 9.18. The topological polar surface area (TPSA) is 46.1 Å². The van der Waals surface area contributed by atoms with Crippen LogP contribution in [-0.4, -0.2) is 29.6 Å². The van der Waals surface area contributed by atoms with E-state index in [2.05, 4.69) is 15.2 Å². The molecule has 1 aromatic heterocycles. The van der Waals surface area contributed by atoms with E-state index in [0.29, 0.717) is 28.5 Å². The van der Waals surface area contributed by atoms with Crippen LogP contribution >= 0.6 is 23.2 Å². The van der Waals surface area contributed by atoms with Crippen LogP contribution in [0.1, 0.15) is 56.2 Å². The molecule has 2 aromatic rings. The van der Waals surface area contributed by atoms with Crippen LogP contribution in [0.15, 0.2) is 12.1 Å². The SMILES string of the molecule is O=C(Cn1c2c(c3cc(Cl)c(Cl)cc31)CCNCC2)NC1CCCC2CCCC[C@@H]21. The van der Waals surface area contributed by atoms with Crippen LogP contribution in [0.5, 0.6) is 0 Å². The number of nitrogens with zero attached hydrogens (tertiary/aromatic N) is 1. The number of fused-ring (bicyclic) bond motifs is 4. The fraction of sp³-hybridized carbons (Fsp3) is 0.625. The van der Waals surface area contributed by atoms with E-state index >= 15 is 0 Å². The van der Waals surface area contributed by atoms with E-state index in [9.17, 15) is 4.79 Å². The number of hydrogen-bond acceptors (Lipinski definition) is 2. The minimum Gasteiger partial charge on any atom is -0.352 e. The van der Waals surface area contributed by atoms with Gasteiger partial charge in [-0.25, -0.2) is 0 Å². The molecular formula is C24H31Cl2N3O. The molecule has 2 heterocycles. The van der Waals surface area contributed by atoms with Gasteiger partial charge in [0.2, 0.25) is 5.91 Å². The quantitative estimate of drug-likeness (QED) is 0.686. The summed E-state index contributed by atoms with van der Waals surface area (Å²) in [7, 11) is 0. The molecule has 1 aromatic carbocycles. The average Bonchev–Trinajstić information content (AvgIpc) is 2.89. The van der Waals surface area contributed by atoms with Crippen LogP contribution in [0, 0.1) is 11.8 Å². The van der Waals surface area contributed by atoms with E-state index in [4.69, 9.17) is 23.2 Å². The highest BCUT2D eigenvalue weighted by atomic mass is 35.5. The third kappa shape index (κ3) is 3.87. The molecule has 4 nitrogen and oxygen atoms in total. The van der Waals surface area contributed by atoms with E-state index in [-0.39, 0.29) is 5.91 Å². The number of amides is 1. The van der Waals surface area contributed by atoms with Gasteiger partial charge in [0.25, 0.3) is 0 Å². The summed E-state index contributed by atoms with van der Waals surface area (Å²) in [5.74, 6) is 1.62. The van der Waals surface area contributed by atoms with Gasteiger partial charge in [-0.3, -0.25) is 4.79 Å². The van der Waals surface area contributed by atoms with Crippen molar-refractivity contribution in [1.29, 1.82) is 0 Å². The van der Waals surface area contributed by atoms with Gasteiger partial charge in [0.1, 0.15) is 6.54 Å². The number of nitrogens with one attached hydrogen (secondary N) is 2. The number of hydrogen-bond donors (Lipinski definition) is 2. The molecule has 0 bridgehead atoms. The third-order valence-corrected chi connectivity index (χ3v) is 8.36. The Morgan fingerprint density at radius 3 is 2.70 bits per heavy atom. The van der Waals surface area contributed by atoms with Crippen molar-refractivity contribution in [3.8, 4) is 0 Å². The van der Waals surface area contributed by atoms with E-state index in [1.165, 1.54) is 49.8 Å². The first-order valence-electron chi connectivity index (χ1n) is 11.6. The molecule has 162 valence electrons. The van der Waals surface area contributed by atoms with Crippen molar-refractivity contribution in [3.05, 3.63) is 33.4 Å². The molecule has 1 amide bonds. The number of carbonyl (C=O) groups is 1. The summed E-state index contributed by atoms with van der Waals surface area (Å²) in [6.45, 7) is 2.24. The summed E-state index contributed by atoms with van der Waals surface area (Å²) in [4.78, 5) is 13.2. The second kappa shape index (κ2) is 8.72. The minimum absolute atomic E-state index is 0.134. The maximum Gasteiger partial charge on any atom is 0.240 e. The summed E-state index contributed by atoms with van der Waals surface area (Å²) in [6.07, 6.45) is 10.9. The molecule has 0 spiro atoms. The Kier molecular flexibility index (Phi) is 6.01. The molecule has 5 rings (SSSR count). The van der Waals surface area contributed by atoms with Crippen molar-refractivity contribution in [3.63, 3.8) is 0 Å². The fourth-order valence-electron chi connectivity index (χ4n) is 6.27. The Balaban J connectivity index is 1.42. The zero-order valence-electron chi connectivity index (χ0n) is 17.5. The summed E-state index contributed by atoms with van der Waals surface area (Å²) < 4.78 is 2.19. The van der Waals surface area contributed by atoms with Gasteiger partial charge in [0, 0.05) is 30.1 Å². The Hall–Kier alpha value is -1.23. The Labute approximate surface area is 188 Å². The smallest absolute Gasteiger partial charge is 0.240 e. The lowest BCUT2D eigenvalue weighted by Gasteiger charge is -2.41. The van der Waals surface area contributed by atoms with Gasteiger partial charge < -0.3 is 15.2 Å². The zero-order valence-corrected chi connectivity index (χ0v) is 19.0. The van der Waals surface area contributed by atoms with E-state index < -0.39 is 0 Å². The van der Waals surface area contributed by atoms with Crippen molar-refractivity contribution in [2.75, 3.05) is 13.1 Å². The zero-order chi connectivity index (χ0) is 20.7. The monoisotopic (exact) mass is 447 g/mol. The fourth-order valence-corrected chi connectivity index (χ4v) is 6.59. The maximum atomic E-state index is 13.2. The van der Waals surface area contributed by atoms with Gasteiger partial charge >= 0.3 is 0 Å². The van der Waals surface area contributed by atoms with Crippen LogP contribution in [0.2, 0.25) is 10.0 Å². The van der Waals surface area contributed by atoms with Gasteiger partial charge in [-0.2, -0.15) is 0 Å². The van der Waals surface area contributed by atoms with Crippen molar-refractivity contribution in [2.24, 2.45) is 11.8 Å². The van der Waals surface area contributed by atoms with Gasteiger partial charge in [0.05, 0.1) is 15.6 Å². The number of halogens is 2. The Bertz CT molecular complexity index is 952. The van der Waals surface area contributed by atoms with Crippen molar-refractivity contribution < 1.29 is 4.79 Å². The van der Waals surface area contributed by atoms with Crippen molar-refractivity contribution in [1.82, 2.24) is 15.2 Å². The highest BCUT2D eigenvalue weighted by molar-refractivity contribution is 6.42. The molecule has 3 aliphatic rings. The number of rotatable bonds is 3. The highest BCUT2D eigenvalue weighted by Crippen LogP contribution is 2.40. The molecular weight excluding hydrogens is 417 g/mol. The van der Waals surface area contributed by atoms with Crippen molar-refractivity contribution >= 4 is 40.0 Å². The molecule has 2 saturated carbocycles. The van der Waals surface area contributed by atoms with Crippen LogP contribution in [0.25, 0.3) is 10.9 Å². The molecule has 2 unspecified atom stereocenters. The molecule has 2 N–H and O–H groups in total. The predicted octanol–water partition coefficient (Wildman–Crippen LogP) is 5.11. The normalized spacial score (nSPS) is 26.7. The maximum absolute atomic E-state index is 13.2. The van der Waals surface area contributed by atoms with Crippen LogP contribution < -0.4 is 10.6 Å². The van der Waals surface area contributed by atoms with Gasteiger partial charge in [-0.1, -0.05) is 55.3 Å². The predicted molar refractivity (Wildman–Crippen MR) is 123 cm³/mol. The largest absolute Gasteiger partial charge is 0.352 e. The summed E-state index contributed by atoms with van der Waals surface area (Å²) >= 11 is 12.7. The van der Waals surface area contributed by atoms with Gasteiger partial charge in [-0.15, -0.1) is 0 Å². The molecule has 2 fully saturated rings. The van der Waals surface area contributed by atoms with E-state index in [1.54, 1.807) is 0 Å². The van der Waals surface area contributed by atoms with Crippen molar-refractivity contribution in [2.45, 2.75) is 70.4 Å². The van der Waals surface area contributed by atoms with Crippen LogP contribution in [0.3, 0.4) is 0 Å². The lowest BCUT2D eigenvalue weighted by Crippen LogP contribution is -2.47. The molecule has 30 heavy (non-hydrogen) atoms. The Morgan fingerprint density at radius 2 is 1.80 bits per heavy atom. The number of carbonyl (C=O) groups excluding carboxylic acids is 1. The first-order chi connectivity index (χ1) is 14.6. The standard InChI is InChI=1S/C24H31Cl2N3O/c25-19-12-18-17-8-10-27-11-9-22(17)29(23(18)13-20(19)26)14-24(30)28-21-7-3-5-15-4-1-2-6-16(15)21/h12-13,15-16,21,27H,1-11,14H2,(H,28,30)/t15?,16-,21?/m0/s1. The van der Waals surface area contributed by atoms with E-state index in [1.807, 2.05) is 12.1 Å². The van der Waals surface area contributed by atoms with Crippen LogP contribution in [-0.2, 0) is 24.2 Å². The minimum atomic E-state index is 0.134. The summed E-state index contributed by atoms with van der Waals surface area (Å²) in [6, 6.07) is 4.26. The molecule has 1 aliphatic heterocycles.